The van der Waals surface area contributed by atoms with Crippen LogP contribution in [0.3, 0.4) is 0 Å². The molecule has 3 atom stereocenters. The molecule has 3 unspecified atom stereocenters. The second-order valence-electron chi connectivity index (χ2n) is 5.78. The zero-order valence-electron chi connectivity index (χ0n) is 12.6. The largest absolute Gasteiger partial charge is 0.481 e. The molecule has 1 amide bonds. The number of amides is 1. The Balaban J connectivity index is 1.91. The molecule has 0 bridgehead atoms. The Morgan fingerprint density at radius 3 is 2.90 bits per heavy atom. The normalized spacial score (nSPS) is 22.9. The molecule has 0 spiro atoms. The second-order valence-corrected chi connectivity index (χ2v) is 5.78. The number of nitrogens with zero attached hydrogens (tertiary/aromatic N) is 1. The summed E-state index contributed by atoms with van der Waals surface area (Å²) in [6, 6.07) is 9.18. The zero-order chi connectivity index (χ0) is 15.2. The molecule has 2 rings (SSSR count). The molecule has 0 heterocycles. The van der Waals surface area contributed by atoms with Crippen molar-refractivity contribution in [1.29, 1.82) is 5.26 Å². The topological polar surface area (TPSA) is 62.1 Å². The van der Waals surface area contributed by atoms with Gasteiger partial charge in [-0.2, -0.15) is 5.26 Å². The van der Waals surface area contributed by atoms with Crippen LogP contribution in [0.15, 0.2) is 24.3 Å². The first-order chi connectivity index (χ1) is 10.1. The van der Waals surface area contributed by atoms with Crippen LogP contribution in [0, 0.1) is 17.2 Å². The van der Waals surface area contributed by atoms with Gasteiger partial charge in [-0.3, -0.25) is 4.79 Å². The second kappa shape index (κ2) is 7.12. The zero-order valence-corrected chi connectivity index (χ0v) is 12.6. The van der Waals surface area contributed by atoms with Gasteiger partial charge in [-0.05, 0) is 43.9 Å². The molecule has 4 nitrogen and oxygen atoms in total. The quantitative estimate of drug-likeness (QED) is 0.925. The number of carbonyl (C=O) groups excluding carboxylic acids is 1. The summed E-state index contributed by atoms with van der Waals surface area (Å²) in [5, 5.41) is 12.0. The Kier molecular flexibility index (Phi) is 5.21. The van der Waals surface area contributed by atoms with E-state index >= 15 is 0 Å². The van der Waals surface area contributed by atoms with Gasteiger partial charge in [0.25, 0.3) is 5.91 Å². The lowest BCUT2D eigenvalue weighted by Crippen LogP contribution is -2.46. The number of carbonyl (C=O) groups is 1. The van der Waals surface area contributed by atoms with Crippen LogP contribution in [0.25, 0.3) is 0 Å². The summed E-state index contributed by atoms with van der Waals surface area (Å²) in [7, 11) is 0. The average Bonchev–Trinajstić information content (AvgIpc) is 2.49. The van der Waals surface area contributed by atoms with Crippen molar-refractivity contribution in [2.45, 2.75) is 51.7 Å². The third-order valence-electron chi connectivity index (χ3n) is 4.08. The Hall–Kier alpha value is -2.02. The Bertz CT molecular complexity index is 536. The maximum Gasteiger partial charge on any atom is 0.261 e. The van der Waals surface area contributed by atoms with Crippen LogP contribution in [-0.4, -0.2) is 18.1 Å². The number of hydrogen-bond acceptors (Lipinski definition) is 3. The minimum atomic E-state index is -0.562. The molecular formula is C17H22N2O2. The van der Waals surface area contributed by atoms with Crippen LogP contribution in [0.2, 0.25) is 0 Å². The SMILES string of the molecule is CC(Oc1cccc(C#N)c1)C(=O)NC1CCCCC1C. The fraction of sp³-hybridized carbons (Fsp3) is 0.529. The molecule has 112 valence electrons. The molecular weight excluding hydrogens is 264 g/mol. The third-order valence-corrected chi connectivity index (χ3v) is 4.08. The molecule has 1 aromatic rings. The predicted octanol–water partition coefficient (Wildman–Crippen LogP) is 3.02. The van der Waals surface area contributed by atoms with Crippen LogP contribution in [0.5, 0.6) is 5.75 Å². The van der Waals surface area contributed by atoms with Crippen LogP contribution < -0.4 is 10.1 Å². The van der Waals surface area contributed by atoms with Gasteiger partial charge < -0.3 is 10.1 Å². The van der Waals surface area contributed by atoms with Gasteiger partial charge in [0.15, 0.2) is 6.10 Å². The van der Waals surface area contributed by atoms with E-state index in [1.807, 2.05) is 0 Å². The van der Waals surface area contributed by atoms with Gasteiger partial charge in [0.1, 0.15) is 5.75 Å². The van der Waals surface area contributed by atoms with E-state index in [1.165, 1.54) is 19.3 Å². The molecule has 0 saturated heterocycles. The van der Waals surface area contributed by atoms with Crippen LogP contribution in [0.1, 0.15) is 45.1 Å². The van der Waals surface area contributed by atoms with E-state index in [-0.39, 0.29) is 11.9 Å². The van der Waals surface area contributed by atoms with Gasteiger partial charge >= 0.3 is 0 Å². The summed E-state index contributed by atoms with van der Waals surface area (Å²) in [4.78, 5) is 12.2. The number of ether oxygens (including phenoxy) is 1. The fourth-order valence-electron chi connectivity index (χ4n) is 2.73. The summed E-state index contributed by atoms with van der Waals surface area (Å²) < 4.78 is 5.63. The van der Waals surface area contributed by atoms with E-state index in [1.54, 1.807) is 31.2 Å². The molecule has 0 aliphatic heterocycles. The molecule has 1 aliphatic carbocycles. The van der Waals surface area contributed by atoms with Gasteiger partial charge in [-0.15, -0.1) is 0 Å². The summed E-state index contributed by atoms with van der Waals surface area (Å²) in [6.45, 7) is 3.92. The molecule has 21 heavy (non-hydrogen) atoms. The van der Waals surface area contributed by atoms with Crippen molar-refractivity contribution in [3.8, 4) is 11.8 Å². The number of nitriles is 1. The maximum absolute atomic E-state index is 12.2. The van der Waals surface area contributed by atoms with Crippen molar-refractivity contribution in [1.82, 2.24) is 5.32 Å². The van der Waals surface area contributed by atoms with Crippen molar-refractivity contribution < 1.29 is 9.53 Å². The number of rotatable bonds is 4. The minimum Gasteiger partial charge on any atom is -0.481 e. The highest BCUT2D eigenvalue weighted by atomic mass is 16.5. The number of nitrogens with one attached hydrogen (secondary N) is 1. The summed E-state index contributed by atoms with van der Waals surface area (Å²) >= 11 is 0. The lowest BCUT2D eigenvalue weighted by atomic mass is 9.86. The van der Waals surface area contributed by atoms with Crippen molar-refractivity contribution in [3.05, 3.63) is 29.8 Å². The average molecular weight is 286 g/mol. The number of benzene rings is 1. The standard InChI is InChI=1S/C17H22N2O2/c1-12-6-3-4-9-16(12)19-17(20)13(2)21-15-8-5-7-14(10-15)11-18/h5,7-8,10,12-13,16H,3-4,6,9H2,1-2H3,(H,19,20). The monoisotopic (exact) mass is 286 g/mol. The Morgan fingerprint density at radius 2 is 2.19 bits per heavy atom. The number of hydrogen-bond donors (Lipinski definition) is 1. The fourth-order valence-corrected chi connectivity index (χ4v) is 2.73. The van der Waals surface area contributed by atoms with Gasteiger partial charge in [0.2, 0.25) is 0 Å². The third kappa shape index (κ3) is 4.22. The van der Waals surface area contributed by atoms with Crippen LogP contribution >= 0.6 is 0 Å². The summed E-state index contributed by atoms with van der Waals surface area (Å²) in [5.41, 5.74) is 0.529. The van der Waals surface area contributed by atoms with E-state index < -0.39 is 6.10 Å². The lowest BCUT2D eigenvalue weighted by molar-refractivity contribution is -0.128. The first kappa shape index (κ1) is 15.4. The maximum atomic E-state index is 12.2. The van der Waals surface area contributed by atoms with Crippen molar-refractivity contribution in [2.24, 2.45) is 5.92 Å². The van der Waals surface area contributed by atoms with Crippen molar-refractivity contribution >= 4 is 5.91 Å². The van der Waals surface area contributed by atoms with Gasteiger partial charge in [-0.1, -0.05) is 25.8 Å². The molecule has 1 fully saturated rings. The minimum absolute atomic E-state index is 0.0869. The van der Waals surface area contributed by atoms with E-state index in [0.717, 1.165) is 6.42 Å². The highest BCUT2D eigenvalue weighted by molar-refractivity contribution is 5.81. The van der Waals surface area contributed by atoms with E-state index in [0.29, 0.717) is 17.2 Å². The molecule has 1 aliphatic rings. The molecule has 0 radical (unpaired) electrons. The van der Waals surface area contributed by atoms with Gasteiger partial charge in [0.05, 0.1) is 11.6 Å². The Labute approximate surface area is 126 Å². The highest BCUT2D eigenvalue weighted by Crippen LogP contribution is 2.24. The lowest BCUT2D eigenvalue weighted by Gasteiger charge is -2.30. The molecule has 1 N–H and O–H groups in total. The van der Waals surface area contributed by atoms with E-state index in [9.17, 15) is 4.79 Å². The first-order valence-corrected chi connectivity index (χ1v) is 7.57. The highest BCUT2D eigenvalue weighted by Gasteiger charge is 2.25. The van der Waals surface area contributed by atoms with Gasteiger partial charge in [0, 0.05) is 6.04 Å². The van der Waals surface area contributed by atoms with Crippen LogP contribution in [-0.2, 0) is 4.79 Å². The Morgan fingerprint density at radius 1 is 1.43 bits per heavy atom. The van der Waals surface area contributed by atoms with Crippen molar-refractivity contribution in [3.63, 3.8) is 0 Å². The molecule has 1 aromatic carbocycles. The molecule has 1 saturated carbocycles. The van der Waals surface area contributed by atoms with E-state index in [2.05, 4.69) is 18.3 Å². The molecule has 4 heteroatoms. The van der Waals surface area contributed by atoms with E-state index in [4.69, 9.17) is 10.00 Å². The molecule has 0 aromatic heterocycles. The van der Waals surface area contributed by atoms with Crippen LogP contribution in [0.4, 0.5) is 0 Å². The first-order valence-electron chi connectivity index (χ1n) is 7.57. The predicted molar refractivity (Wildman–Crippen MR) is 80.8 cm³/mol. The summed E-state index contributed by atoms with van der Waals surface area (Å²) in [5.74, 6) is 0.987. The summed E-state index contributed by atoms with van der Waals surface area (Å²) in [6.07, 6.45) is 4.08. The van der Waals surface area contributed by atoms with Gasteiger partial charge in [-0.25, -0.2) is 0 Å². The van der Waals surface area contributed by atoms with Crippen molar-refractivity contribution in [2.75, 3.05) is 0 Å². The smallest absolute Gasteiger partial charge is 0.261 e.